The van der Waals surface area contributed by atoms with E-state index in [0.717, 1.165) is 11.1 Å². The van der Waals surface area contributed by atoms with Gasteiger partial charge in [-0.15, -0.1) is 0 Å². The number of aliphatic hydroxyl groups excluding tert-OH is 1. The van der Waals surface area contributed by atoms with Crippen molar-refractivity contribution in [3.05, 3.63) is 34.3 Å². The maximum atomic E-state index is 9.43. The fourth-order valence-corrected chi connectivity index (χ4v) is 1.37. The van der Waals surface area contributed by atoms with Gasteiger partial charge in [0.1, 0.15) is 0 Å². The number of hydrogen-bond donors (Lipinski definition) is 2. The third-order valence-corrected chi connectivity index (χ3v) is 2.05. The quantitative estimate of drug-likeness (QED) is 0.736. The lowest BCUT2D eigenvalue weighted by Gasteiger charge is -2.11. The molecule has 1 aromatic carbocycles. The molecule has 66 valence electrons. The van der Waals surface area contributed by atoms with Gasteiger partial charge in [0, 0.05) is 11.6 Å². The molecule has 0 saturated heterocycles. The lowest BCUT2D eigenvalue weighted by atomic mass is 10.0. The summed E-state index contributed by atoms with van der Waals surface area (Å²) in [5.74, 6) is 0. The SMILES string of the molecule is Cc1cc(Cl)ccc1[C@H](O)CN. The summed E-state index contributed by atoms with van der Waals surface area (Å²) in [6.45, 7) is 2.14. The summed E-state index contributed by atoms with van der Waals surface area (Å²) in [5.41, 5.74) is 7.15. The zero-order chi connectivity index (χ0) is 9.14. The summed E-state index contributed by atoms with van der Waals surface area (Å²) in [7, 11) is 0. The zero-order valence-electron chi connectivity index (χ0n) is 6.92. The molecule has 0 unspecified atom stereocenters. The summed E-state index contributed by atoms with van der Waals surface area (Å²) >= 11 is 5.75. The molecule has 0 fully saturated rings. The smallest absolute Gasteiger partial charge is 0.0914 e. The summed E-state index contributed by atoms with van der Waals surface area (Å²) < 4.78 is 0. The molecular formula is C9H12ClNO. The number of aliphatic hydroxyl groups is 1. The Balaban J connectivity index is 3.01. The van der Waals surface area contributed by atoms with Gasteiger partial charge in [0.15, 0.2) is 0 Å². The van der Waals surface area contributed by atoms with E-state index in [1.807, 2.05) is 13.0 Å². The van der Waals surface area contributed by atoms with Crippen LogP contribution in [-0.2, 0) is 0 Å². The maximum Gasteiger partial charge on any atom is 0.0914 e. The topological polar surface area (TPSA) is 46.2 Å². The van der Waals surface area contributed by atoms with Gasteiger partial charge >= 0.3 is 0 Å². The van der Waals surface area contributed by atoms with E-state index in [1.54, 1.807) is 12.1 Å². The third kappa shape index (κ3) is 1.97. The average Bonchev–Trinajstić information content (AvgIpc) is 2.03. The Labute approximate surface area is 77.0 Å². The van der Waals surface area contributed by atoms with Crippen LogP contribution in [0.5, 0.6) is 0 Å². The predicted octanol–water partition coefficient (Wildman–Crippen LogP) is 1.64. The molecule has 0 aliphatic carbocycles. The van der Waals surface area contributed by atoms with E-state index < -0.39 is 6.10 Å². The second-order valence-corrected chi connectivity index (χ2v) is 3.19. The summed E-state index contributed by atoms with van der Waals surface area (Å²) in [6, 6.07) is 5.37. The monoisotopic (exact) mass is 185 g/mol. The Hall–Kier alpha value is -0.570. The Morgan fingerprint density at radius 3 is 2.75 bits per heavy atom. The van der Waals surface area contributed by atoms with Crippen molar-refractivity contribution in [1.29, 1.82) is 0 Å². The second kappa shape index (κ2) is 3.90. The first kappa shape index (κ1) is 9.52. The van der Waals surface area contributed by atoms with Crippen molar-refractivity contribution in [1.82, 2.24) is 0 Å². The van der Waals surface area contributed by atoms with Crippen molar-refractivity contribution in [2.45, 2.75) is 13.0 Å². The Kier molecular flexibility index (Phi) is 3.09. The van der Waals surface area contributed by atoms with E-state index in [-0.39, 0.29) is 6.54 Å². The molecule has 3 N–H and O–H groups in total. The first-order valence-electron chi connectivity index (χ1n) is 3.79. The van der Waals surface area contributed by atoms with Gasteiger partial charge in [-0.3, -0.25) is 0 Å². The van der Waals surface area contributed by atoms with Crippen LogP contribution in [0.4, 0.5) is 0 Å². The van der Waals surface area contributed by atoms with Gasteiger partial charge in [0.05, 0.1) is 6.10 Å². The Morgan fingerprint density at radius 2 is 2.25 bits per heavy atom. The molecule has 0 heterocycles. The number of halogens is 1. The summed E-state index contributed by atoms with van der Waals surface area (Å²) in [5, 5.41) is 10.1. The average molecular weight is 186 g/mol. The van der Waals surface area contributed by atoms with Crippen LogP contribution in [0, 0.1) is 6.92 Å². The second-order valence-electron chi connectivity index (χ2n) is 2.75. The van der Waals surface area contributed by atoms with Crippen molar-refractivity contribution in [3.63, 3.8) is 0 Å². The fraction of sp³-hybridized carbons (Fsp3) is 0.333. The van der Waals surface area contributed by atoms with Crippen molar-refractivity contribution < 1.29 is 5.11 Å². The van der Waals surface area contributed by atoms with Crippen LogP contribution in [0.3, 0.4) is 0 Å². The molecule has 0 saturated carbocycles. The highest BCUT2D eigenvalue weighted by molar-refractivity contribution is 6.30. The predicted molar refractivity (Wildman–Crippen MR) is 50.2 cm³/mol. The molecule has 1 rings (SSSR count). The van der Waals surface area contributed by atoms with E-state index in [9.17, 15) is 5.11 Å². The summed E-state index contributed by atoms with van der Waals surface area (Å²) in [4.78, 5) is 0. The van der Waals surface area contributed by atoms with Crippen LogP contribution in [0.15, 0.2) is 18.2 Å². The molecule has 0 spiro atoms. The fourth-order valence-electron chi connectivity index (χ4n) is 1.14. The molecule has 0 bridgehead atoms. The van der Waals surface area contributed by atoms with Gasteiger partial charge in [-0.2, -0.15) is 0 Å². The zero-order valence-corrected chi connectivity index (χ0v) is 7.67. The highest BCUT2D eigenvalue weighted by Gasteiger charge is 2.07. The molecule has 0 aromatic heterocycles. The Morgan fingerprint density at radius 1 is 1.58 bits per heavy atom. The molecule has 1 atom stereocenters. The summed E-state index contributed by atoms with van der Waals surface area (Å²) in [6.07, 6.45) is -0.581. The molecular weight excluding hydrogens is 174 g/mol. The van der Waals surface area contributed by atoms with E-state index in [2.05, 4.69) is 0 Å². The van der Waals surface area contributed by atoms with Crippen LogP contribution in [0.1, 0.15) is 17.2 Å². The number of aryl methyl sites for hydroxylation is 1. The number of nitrogens with two attached hydrogens (primary N) is 1. The van der Waals surface area contributed by atoms with E-state index in [0.29, 0.717) is 5.02 Å². The standard InChI is InChI=1S/C9H12ClNO/c1-6-4-7(10)2-3-8(6)9(12)5-11/h2-4,9,12H,5,11H2,1H3/t9-/m1/s1. The third-order valence-electron chi connectivity index (χ3n) is 1.81. The molecule has 12 heavy (non-hydrogen) atoms. The van der Waals surface area contributed by atoms with E-state index in [4.69, 9.17) is 17.3 Å². The van der Waals surface area contributed by atoms with Crippen molar-refractivity contribution in [2.24, 2.45) is 5.73 Å². The lowest BCUT2D eigenvalue weighted by Crippen LogP contribution is -2.12. The van der Waals surface area contributed by atoms with Gasteiger partial charge in [0.25, 0.3) is 0 Å². The van der Waals surface area contributed by atoms with Gasteiger partial charge in [-0.05, 0) is 30.2 Å². The minimum atomic E-state index is -0.581. The van der Waals surface area contributed by atoms with Crippen LogP contribution >= 0.6 is 11.6 Å². The van der Waals surface area contributed by atoms with E-state index >= 15 is 0 Å². The molecule has 3 heteroatoms. The lowest BCUT2D eigenvalue weighted by molar-refractivity contribution is 0.186. The number of benzene rings is 1. The van der Waals surface area contributed by atoms with Crippen molar-refractivity contribution >= 4 is 11.6 Å². The van der Waals surface area contributed by atoms with Gasteiger partial charge < -0.3 is 10.8 Å². The minimum absolute atomic E-state index is 0.239. The molecule has 0 radical (unpaired) electrons. The maximum absolute atomic E-state index is 9.43. The number of hydrogen-bond acceptors (Lipinski definition) is 2. The van der Waals surface area contributed by atoms with Crippen LogP contribution < -0.4 is 5.73 Å². The van der Waals surface area contributed by atoms with Crippen LogP contribution in [0.25, 0.3) is 0 Å². The normalized spacial score (nSPS) is 13.0. The largest absolute Gasteiger partial charge is 0.387 e. The van der Waals surface area contributed by atoms with Crippen molar-refractivity contribution in [2.75, 3.05) is 6.54 Å². The van der Waals surface area contributed by atoms with Crippen molar-refractivity contribution in [3.8, 4) is 0 Å². The van der Waals surface area contributed by atoms with Crippen LogP contribution in [-0.4, -0.2) is 11.7 Å². The molecule has 0 amide bonds. The van der Waals surface area contributed by atoms with Gasteiger partial charge in [-0.1, -0.05) is 17.7 Å². The van der Waals surface area contributed by atoms with Crippen LogP contribution in [0.2, 0.25) is 5.02 Å². The van der Waals surface area contributed by atoms with E-state index in [1.165, 1.54) is 0 Å². The number of rotatable bonds is 2. The van der Waals surface area contributed by atoms with Gasteiger partial charge in [-0.25, -0.2) is 0 Å². The molecule has 2 nitrogen and oxygen atoms in total. The molecule has 0 aliphatic rings. The highest BCUT2D eigenvalue weighted by atomic mass is 35.5. The minimum Gasteiger partial charge on any atom is -0.387 e. The molecule has 0 aliphatic heterocycles. The molecule has 1 aromatic rings. The Bertz CT molecular complexity index is 275. The van der Waals surface area contributed by atoms with Gasteiger partial charge in [0.2, 0.25) is 0 Å². The highest BCUT2D eigenvalue weighted by Crippen LogP contribution is 2.20. The first-order chi connectivity index (χ1) is 5.65. The first-order valence-corrected chi connectivity index (χ1v) is 4.17.